The molecule has 0 fully saturated rings. The maximum atomic E-state index is 12.6. The minimum atomic E-state index is -4.40. The van der Waals surface area contributed by atoms with Gasteiger partial charge >= 0.3 is 6.18 Å². The minimum absolute atomic E-state index is 0.133. The Morgan fingerprint density at radius 3 is 2.63 bits per heavy atom. The first-order valence-electron chi connectivity index (χ1n) is 5.78. The fraction of sp³-hybridized carbons (Fsp3) is 0.417. The van der Waals surface area contributed by atoms with Crippen molar-refractivity contribution < 1.29 is 18.3 Å². The van der Waals surface area contributed by atoms with Gasteiger partial charge in [-0.15, -0.1) is 0 Å². The van der Waals surface area contributed by atoms with Crippen LogP contribution in [0.25, 0.3) is 11.0 Å². The summed E-state index contributed by atoms with van der Waals surface area (Å²) in [4.78, 5) is 4.13. The molecular formula is C12H14F3N3O. The van der Waals surface area contributed by atoms with Crippen molar-refractivity contribution in [3.05, 3.63) is 29.6 Å². The molecule has 0 aliphatic carbocycles. The number of aliphatic hydroxyl groups excluding tert-OH is 1. The van der Waals surface area contributed by atoms with E-state index < -0.39 is 17.8 Å². The van der Waals surface area contributed by atoms with Crippen molar-refractivity contribution in [3.8, 4) is 0 Å². The van der Waals surface area contributed by atoms with Crippen molar-refractivity contribution in [2.24, 2.45) is 5.73 Å². The molecule has 1 atom stereocenters. The van der Waals surface area contributed by atoms with E-state index >= 15 is 0 Å². The molecule has 0 saturated heterocycles. The van der Waals surface area contributed by atoms with E-state index in [0.717, 1.165) is 12.1 Å². The summed E-state index contributed by atoms with van der Waals surface area (Å²) < 4.78 is 39.5. The Hall–Kier alpha value is -1.60. The van der Waals surface area contributed by atoms with E-state index in [2.05, 4.69) is 4.98 Å². The van der Waals surface area contributed by atoms with Crippen molar-refractivity contribution in [2.45, 2.75) is 25.7 Å². The molecule has 0 bridgehead atoms. The number of benzene rings is 1. The van der Waals surface area contributed by atoms with Gasteiger partial charge in [0.2, 0.25) is 0 Å². The lowest BCUT2D eigenvalue weighted by atomic mass is 10.2. The molecule has 0 aliphatic rings. The molecule has 2 aromatic rings. The number of hydrogen-bond donors (Lipinski definition) is 2. The monoisotopic (exact) mass is 273 g/mol. The van der Waals surface area contributed by atoms with Crippen LogP contribution in [0.1, 0.15) is 24.4 Å². The van der Waals surface area contributed by atoms with E-state index in [-0.39, 0.29) is 18.7 Å². The zero-order valence-corrected chi connectivity index (χ0v) is 10.3. The Morgan fingerprint density at radius 2 is 2.11 bits per heavy atom. The number of nitrogens with zero attached hydrogens (tertiary/aromatic N) is 2. The number of fused-ring (bicyclic) bond motifs is 1. The molecule has 0 spiro atoms. The zero-order valence-electron chi connectivity index (χ0n) is 10.3. The second-order valence-electron chi connectivity index (χ2n) is 4.34. The van der Waals surface area contributed by atoms with E-state index in [4.69, 9.17) is 10.8 Å². The molecule has 2 rings (SSSR count). The van der Waals surface area contributed by atoms with Crippen molar-refractivity contribution in [1.29, 1.82) is 0 Å². The van der Waals surface area contributed by atoms with Crippen LogP contribution in [0, 0.1) is 0 Å². The molecule has 104 valence electrons. The third-order valence-corrected chi connectivity index (χ3v) is 2.84. The van der Waals surface area contributed by atoms with E-state index in [1.165, 1.54) is 6.07 Å². The Labute approximate surface area is 107 Å². The first-order valence-corrected chi connectivity index (χ1v) is 5.78. The van der Waals surface area contributed by atoms with Gasteiger partial charge in [0.05, 0.1) is 29.2 Å². The highest BCUT2D eigenvalue weighted by Crippen LogP contribution is 2.31. The third kappa shape index (κ3) is 2.57. The van der Waals surface area contributed by atoms with Crippen LogP contribution < -0.4 is 5.73 Å². The van der Waals surface area contributed by atoms with Crippen LogP contribution in [0.15, 0.2) is 18.2 Å². The molecule has 4 nitrogen and oxygen atoms in total. The van der Waals surface area contributed by atoms with Gasteiger partial charge in [-0.25, -0.2) is 4.98 Å². The smallest absolute Gasteiger partial charge is 0.395 e. The number of nitrogens with two attached hydrogens (primary N) is 1. The molecule has 1 aromatic carbocycles. The predicted molar refractivity (Wildman–Crippen MR) is 64.4 cm³/mol. The SMILES string of the molecule is CC(N)c1nc2cc(C(F)(F)F)ccc2n1CCO. The van der Waals surface area contributed by atoms with Crippen LogP contribution in [-0.4, -0.2) is 21.3 Å². The number of aliphatic hydroxyl groups is 1. The van der Waals surface area contributed by atoms with Gasteiger partial charge in [-0.2, -0.15) is 13.2 Å². The van der Waals surface area contributed by atoms with Crippen molar-refractivity contribution in [3.63, 3.8) is 0 Å². The van der Waals surface area contributed by atoms with Gasteiger partial charge in [0.25, 0.3) is 0 Å². The Balaban J connectivity index is 2.62. The Morgan fingerprint density at radius 1 is 1.42 bits per heavy atom. The normalized spacial score (nSPS) is 14.0. The molecule has 0 aliphatic heterocycles. The van der Waals surface area contributed by atoms with Gasteiger partial charge in [0.1, 0.15) is 5.82 Å². The number of alkyl halides is 3. The van der Waals surface area contributed by atoms with Gasteiger partial charge in [-0.3, -0.25) is 0 Å². The van der Waals surface area contributed by atoms with Crippen LogP contribution in [-0.2, 0) is 12.7 Å². The van der Waals surface area contributed by atoms with Crippen molar-refractivity contribution in [1.82, 2.24) is 9.55 Å². The van der Waals surface area contributed by atoms with Gasteiger partial charge in [-0.1, -0.05) is 0 Å². The number of imidazole rings is 1. The third-order valence-electron chi connectivity index (χ3n) is 2.84. The summed E-state index contributed by atoms with van der Waals surface area (Å²) in [5.41, 5.74) is 5.77. The quantitative estimate of drug-likeness (QED) is 0.899. The van der Waals surface area contributed by atoms with Gasteiger partial charge < -0.3 is 15.4 Å². The first-order chi connectivity index (χ1) is 8.84. The van der Waals surface area contributed by atoms with E-state index in [1.54, 1.807) is 11.5 Å². The Bertz CT molecular complexity index is 590. The number of hydrogen-bond acceptors (Lipinski definition) is 3. The summed E-state index contributed by atoms with van der Waals surface area (Å²) in [6.45, 7) is 1.81. The number of halogens is 3. The standard InChI is InChI=1S/C12H14F3N3O/c1-7(16)11-17-9-6-8(12(13,14)15)2-3-10(9)18(11)4-5-19/h2-3,6-7,19H,4-5,16H2,1H3. The summed E-state index contributed by atoms with van der Waals surface area (Å²) in [7, 11) is 0. The van der Waals surface area contributed by atoms with Gasteiger partial charge in [-0.05, 0) is 25.1 Å². The molecule has 7 heteroatoms. The zero-order chi connectivity index (χ0) is 14.2. The van der Waals surface area contributed by atoms with Crippen molar-refractivity contribution in [2.75, 3.05) is 6.61 Å². The van der Waals surface area contributed by atoms with Crippen LogP contribution in [0.5, 0.6) is 0 Å². The summed E-state index contributed by atoms with van der Waals surface area (Å²) in [5.74, 6) is 0.461. The summed E-state index contributed by atoms with van der Waals surface area (Å²) in [6, 6.07) is 2.93. The fourth-order valence-electron chi connectivity index (χ4n) is 2.01. The second kappa shape index (κ2) is 4.82. The second-order valence-corrected chi connectivity index (χ2v) is 4.34. The highest BCUT2D eigenvalue weighted by molar-refractivity contribution is 5.77. The van der Waals surface area contributed by atoms with Gasteiger partial charge in [0.15, 0.2) is 0 Å². The molecule has 1 unspecified atom stereocenters. The number of aromatic nitrogens is 2. The number of rotatable bonds is 3. The molecular weight excluding hydrogens is 259 g/mol. The van der Waals surface area contributed by atoms with Crippen LogP contribution in [0.3, 0.4) is 0 Å². The largest absolute Gasteiger partial charge is 0.416 e. The summed E-state index contributed by atoms with van der Waals surface area (Å²) in [5, 5.41) is 9.02. The van der Waals surface area contributed by atoms with Crippen LogP contribution >= 0.6 is 0 Å². The topological polar surface area (TPSA) is 64.1 Å². The van der Waals surface area contributed by atoms with Crippen molar-refractivity contribution >= 4 is 11.0 Å². The van der Waals surface area contributed by atoms with E-state index in [1.807, 2.05) is 0 Å². The van der Waals surface area contributed by atoms with E-state index in [9.17, 15) is 13.2 Å². The maximum absolute atomic E-state index is 12.6. The Kier molecular flexibility index (Phi) is 3.51. The lowest BCUT2D eigenvalue weighted by molar-refractivity contribution is -0.137. The lowest BCUT2D eigenvalue weighted by Crippen LogP contribution is -2.15. The van der Waals surface area contributed by atoms with Gasteiger partial charge in [0, 0.05) is 6.54 Å². The van der Waals surface area contributed by atoms with Crippen LogP contribution in [0.4, 0.5) is 13.2 Å². The average Bonchev–Trinajstić information content (AvgIpc) is 2.67. The molecule has 3 N–H and O–H groups in total. The summed E-state index contributed by atoms with van der Waals surface area (Å²) >= 11 is 0. The highest BCUT2D eigenvalue weighted by atomic mass is 19.4. The van der Waals surface area contributed by atoms with Crippen LogP contribution in [0.2, 0.25) is 0 Å². The summed E-state index contributed by atoms with van der Waals surface area (Å²) in [6.07, 6.45) is -4.40. The molecule has 1 heterocycles. The average molecular weight is 273 g/mol. The first kappa shape index (κ1) is 13.8. The fourth-order valence-corrected chi connectivity index (χ4v) is 2.01. The molecule has 19 heavy (non-hydrogen) atoms. The molecule has 0 saturated carbocycles. The minimum Gasteiger partial charge on any atom is -0.395 e. The molecule has 0 amide bonds. The van der Waals surface area contributed by atoms with E-state index in [0.29, 0.717) is 11.3 Å². The molecule has 1 aromatic heterocycles. The highest BCUT2D eigenvalue weighted by Gasteiger charge is 2.31. The molecule has 0 radical (unpaired) electrons. The maximum Gasteiger partial charge on any atom is 0.416 e. The predicted octanol–water partition coefficient (Wildman–Crippen LogP) is 2.07. The lowest BCUT2D eigenvalue weighted by Gasteiger charge is -2.10.